The zero-order valence-electron chi connectivity index (χ0n) is 7.95. The highest BCUT2D eigenvalue weighted by Gasteiger charge is 2.16. The normalized spacial score (nSPS) is 22.6. The summed E-state index contributed by atoms with van der Waals surface area (Å²) in [6.07, 6.45) is 2.72. The number of rotatable bonds is 2. The predicted molar refractivity (Wildman–Crippen MR) is 58.6 cm³/mol. The number of hydrogen-bond donors (Lipinski definition) is 2. The molecule has 1 saturated heterocycles. The van der Waals surface area contributed by atoms with Crippen LogP contribution in [0.3, 0.4) is 0 Å². The average molecular weight is 210 g/mol. The summed E-state index contributed by atoms with van der Waals surface area (Å²) in [5, 5.41) is 10.4. The molecule has 4 heteroatoms. The van der Waals surface area contributed by atoms with Gasteiger partial charge in [0.25, 0.3) is 0 Å². The van der Waals surface area contributed by atoms with Crippen molar-refractivity contribution in [3.05, 3.63) is 16.8 Å². The van der Waals surface area contributed by atoms with Gasteiger partial charge in [0.1, 0.15) is 0 Å². The first-order valence-electron chi connectivity index (χ1n) is 4.90. The first-order chi connectivity index (χ1) is 6.84. The fraction of sp³-hybridized carbons (Fsp3) is 0.500. The zero-order valence-corrected chi connectivity index (χ0v) is 8.77. The maximum Gasteiger partial charge on any atom is 0.222 e. The van der Waals surface area contributed by atoms with Gasteiger partial charge in [0.2, 0.25) is 5.91 Å². The minimum absolute atomic E-state index is 0.162. The van der Waals surface area contributed by atoms with Crippen LogP contribution >= 0.6 is 11.3 Å². The van der Waals surface area contributed by atoms with Crippen LogP contribution in [-0.2, 0) is 4.79 Å². The SMILES string of the molecule is O=C1CC(Nc2ccsc2)CCCN1. The molecule has 76 valence electrons. The van der Waals surface area contributed by atoms with E-state index in [0.717, 1.165) is 25.1 Å². The molecule has 1 aliphatic rings. The van der Waals surface area contributed by atoms with Crippen LogP contribution in [0.4, 0.5) is 5.69 Å². The average Bonchev–Trinajstić information content (AvgIpc) is 2.56. The molecule has 0 aromatic carbocycles. The maximum atomic E-state index is 11.3. The van der Waals surface area contributed by atoms with E-state index in [0.29, 0.717) is 12.5 Å². The van der Waals surface area contributed by atoms with E-state index in [1.807, 2.05) is 11.4 Å². The second-order valence-corrected chi connectivity index (χ2v) is 4.33. The standard InChI is InChI=1S/C10H14N2OS/c13-10-6-8(2-1-4-11-10)12-9-3-5-14-7-9/h3,5,7-8,12H,1-2,4,6H2,(H,11,13). The van der Waals surface area contributed by atoms with E-state index < -0.39 is 0 Å². The van der Waals surface area contributed by atoms with Gasteiger partial charge in [-0.2, -0.15) is 11.3 Å². The second kappa shape index (κ2) is 4.46. The zero-order chi connectivity index (χ0) is 9.80. The van der Waals surface area contributed by atoms with E-state index in [-0.39, 0.29) is 5.91 Å². The van der Waals surface area contributed by atoms with Crippen molar-refractivity contribution in [1.29, 1.82) is 0 Å². The van der Waals surface area contributed by atoms with E-state index >= 15 is 0 Å². The lowest BCUT2D eigenvalue weighted by atomic mass is 10.1. The van der Waals surface area contributed by atoms with Crippen molar-refractivity contribution in [2.45, 2.75) is 25.3 Å². The molecule has 1 aromatic heterocycles. The van der Waals surface area contributed by atoms with Crippen molar-refractivity contribution in [2.24, 2.45) is 0 Å². The summed E-state index contributed by atoms with van der Waals surface area (Å²) in [6.45, 7) is 0.820. The van der Waals surface area contributed by atoms with Crippen molar-refractivity contribution >= 4 is 22.9 Å². The Labute approximate surface area is 87.5 Å². The van der Waals surface area contributed by atoms with Crippen molar-refractivity contribution in [1.82, 2.24) is 5.32 Å². The summed E-state index contributed by atoms with van der Waals surface area (Å²) in [7, 11) is 0. The Morgan fingerprint density at radius 3 is 3.29 bits per heavy atom. The summed E-state index contributed by atoms with van der Waals surface area (Å²) in [6, 6.07) is 2.35. The summed E-state index contributed by atoms with van der Waals surface area (Å²) >= 11 is 1.67. The van der Waals surface area contributed by atoms with Crippen molar-refractivity contribution in [2.75, 3.05) is 11.9 Å². The van der Waals surface area contributed by atoms with Crippen molar-refractivity contribution in [3.8, 4) is 0 Å². The van der Waals surface area contributed by atoms with Crippen molar-refractivity contribution < 1.29 is 4.79 Å². The van der Waals surface area contributed by atoms with E-state index in [1.54, 1.807) is 11.3 Å². The van der Waals surface area contributed by atoms with Gasteiger partial charge in [-0.05, 0) is 24.3 Å². The number of nitrogens with one attached hydrogen (secondary N) is 2. The van der Waals surface area contributed by atoms with Gasteiger partial charge < -0.3 is 10.6 Å². The second-order valence-electron chi connectivity index (χ2n) is 3.55. The molecule has 2 rings (SSSR count). The van der Waals surface area contributed by atoms with Gasteiger partial charge in [0.05, 0.1) is 0 Å². The lowest BCUT2D eigenvalue weighted by molar-refractivity contribution is -0.120. The Kier molecular flexibility index (Phi) is 3.03. The molecular formula is C10H14N2OS. The smallest absolute Gasteiger partial charge is 0.222 e. The molecule has 14 heavy (non-hydrogen) atoms. The quantitative estimate of drug-likeness (QED) is 0.782. The Balaban J connectivity index is 1.93. The lowest BCUT2D eigenvalue weighted by Crippen LogP contribution is -2.26. The van der Waals surface area contributed by atoms with Gasteiger partial charge in [0.15, 0.2) is 0 Å². The van der Waals surface area contributed by atoms with Gasteiger partial charge in [-0.3, -0.25) is 4.79 Å². The number of hydrogen-bond acceptors (Lipinski definition) is 3. The van der Waals surface area contributed by atoms with E-state index in [1.165, 1.54) is 0 Å². The highest BCUT2D eigenvalue weighted by atomic mass is 32.1. The largest absolute Gasteiger partial charge is 0.381 e. The molecule has 1 aromatic rings. The molecule has 1 fully saturated rings. The predicted octanol–water partition coefficient (Wildman–Crippen LogP) is 1.83. The molecule has 3 nitrogen and oxygen atoms in total. The summed E-state index contributed by atoms with van der Waals surface area (Å²) < 4.78 is 0. The molecule has 2 N–H and O–H groups in total. The molecule has 1 unspecified atom stereocenters. The number of amides is 1. The van der Waals surface area contributed by atoms with Crippen LogP contribution in [0, 0.1) is 0 Å². The molecule has 0 aliphatic carbocycles. The third-order valence-electron chi connectivity index (χ3n) is 2.38. The van der Waals surface area contributed by atoms with Gasteiger partial charge >= 0.3 is 0 Å². The third kappa shape index (κ3) is 2.48. The highest BCUT2D eigenvalue weighted by Crippen LogP contribution is 2.17. The molecule has 1 atom stereocenters. The minimum Gasteiger partial charge on any atom is -0.381 e. The van der Waals surface area contributed by atoms with Crippen LogP contribution in [0.1, 0.15) is 19.3 Å². The molecule has 0 bridgehead atoms. The van der Waals surface area contributed by atoms with Crippen LogP contribution in [-0.4, -0.2) is 18.5 Å². The summed E-state index contributed by atoms with van der Waals surface area (Å²) in [5.74, 6) is 0.162. The number of anilines is 1. The number of carbonyl (C=O) groups is 1. The summed E-state index contributed by atoms with van der Waals surface area (Å²) in [4.78, 5) is 11.3. The third-order valence-corrected chi connectivity index (χ3v) is 3.06. The molecule has 2 heterocycles. The molecule has 0 radical (unpaired) electrons. The highest BCUT2D eigenvalue weighted by molar-refractivity contribution is 7.08. The topological polar surface area (TPSA) is 41.1 Å². The molecule has 0 spiro atoms. The minimum atomic E-state index is 0.162. The fourth-order valence-corrected chi connectivity index (χ4v) is 2.28. The lowest BCUT2D eigenvalue weighted by Gasteiger charge is -2.14. The monoisotopic (exact) mass is 210 g/mol. The number of thiophene rings is 1. The van der Waals surface area contributed by atoms with Crippen molar-refractivity contribution in [3.63, 3.8) is 0 Å². The van der Waals surface area contributed by atoms with Crippen LogP contribution in [0.5, 0.6) is 0 Å². The van der Waals surface area contributed by atoms with Gasteiger partial charge in [-0.25, -0.2) is 0 Å². The maximum absolute atomic E-state index is 11.3. The Hall–Kier alpha value is -1.03. The van der Waals surface area contributed by atoms with Gasteiger partial charge in [-0.15, -0.1) is 0 Å². The van der Waals surface area contributed by atoms with Gasteiger partial charge in [0, 0.05) is 30.1 Å². The van der Waals surface area contributed by atoms with Crippen LogP contribution in [0.25, 0.3) is 0 Å². The Morgan fingerprint density at radius 2 is 2.50 bits per heavy atom. The van der Waals surface area contributed by atoms with E-state index in [4.69, 9.17) is 0 Å². The first-order valence-corrected chi connectivity index (χ1v) is 5.84. The Bertz CT molecular complexity index is 297. The molecular weight excluding hydrogens is 196 g/mol. The van der Waals surface area contributed by atoms with Gasteiger partial charge in [-0.1, -0.05) is 0 Å². The first kappa shape index (κ1) is 9.52. The Morgan fingerprint density at radius 1 is 1.57 bits per heavy atom. The van der Waals surface area contributed by atoms with Crippen LogP contribution in [0.15, 0.2) is 16.8 Å². The van der Waals surface area contributed by atoms with Crippen LogP contribution < -0.4 is 10.6 Å². The fourth-order valence-electron chi connectivity index (χ4n) is 1.68. The summed E-state index contributed by atoms with van der Waals surface area (Å²) in [5.41, 5.74) is 1.13. The molecule has 1 aliphatic heterocycles. The molecule has 0 saturated carbocycles. The molecule has 1 amide bonds. The van der Waals surface area contributed by atoms with E-state index in [2.05, 4.69) is 16.0 Å². The number of carbonyl (C=O) groups excluding carboxylic acids is 1. The van der Waals surface area contributed by atoms with E-state index in [9.17, 15) is 4.79 Å². The van der Waals surface area contributed by atoms with Crippen LogP contribution in [0.2, 0.25) is 0 Å².